The van der Waals surface area contributed by atoms with Crippen molar-refractivity contribution in [2.24, 2.45) is 5.92 Å². The van der Waals surface area contributed by atoms with Crippen LogP contribution >= 0.6 is 0 Å². The van der Waals surface area contributed by atoms with Gasteiger partial charge in [0.25, 0.3) is 0 Å². The van der Waals surface area contributed by atoms with Gasteiger partial charge < -0.3 is 15.1 Å². The summed E-state index contributed by atoms with van der Waals surface area (Å²) in [4.78, 5) is 26.5. The van der Waals surface area contributed by atoms with Gasteiger partial charge in [-0.25, -0.2) is 0 Å². The Labute approximate surface area is 95.8 Å². The lowest BCUT2D eigenvalue weighted by Crippen LogP contribution is -2.52. The molecule has 2 aliphatic rings. The lowest BCUT2D eigenvalue weighted by Gasteiger charge is -2.32. The second-order valence-corrected chi connectivity index (χ2v) is 4.70. The molecule has 0 radical (unpaired) electrons. The third-order valence-electron chi connectivity index (χ3n) is 3.22. The highest BCUT2D eigenvalue weighted by Crippen LogP contribution is 2.27. The second kappa shape index (κ2) is 4.82. The fourth-order valence-electron chi connectivity index (χ4n) is 1.79. The van der Waals surface area contributed by atoms with Gasteiger partial charge in [0, 0.05) is 20.1 Å². The van der Waals surface area contributed by atoms with Crippen LogP contribution in [0.3, 0.4) is 0 Å². The second-order valence-electron chi connectivity index (χ2n) is 4.70. The van der Waals surface area contributed by atoms with Crippen molar-refractivity contribution in [3.63, 3.8) is 0 Å². The first-order valence-electron chi connectivity index (χ1n) is 5.89. The number of hydrogen-bond donors (Lipinski definition) is 1. The van der Waals surface area contributed by atoms with E-state index in [2.05, 4.69) is 5.32 Å². The van der Waals surface area contributed by atoms with Crippen molar-refractivity contribution in [2.75, 3.05) is 39.8 Å². The van der Waals surface area contributed by atoms with Crippen LogP contribution in [0, 0.1) is 5.92 Å². The molecule has 2 amide bonds. The molecule has 1 aliphatic heterocycles. The van der Waals surface area contributed by atoms with Gasteiger partial charge in [0.15, 0.2) is 0 Å². The molecule has 16 heavy (non-hydrogen) atoms. The van der Waals surface area contributed by atoms with Gasteiger partial charge in [-0.15, -0.1) is 0 Å². The van der Waals surface area contributed by atoms with Crippen molar-refractivity contribution < 1.29 is 9.59 Å². The van der Waals surface area contributed by atoms with E-state index in [0.717, 1.165) is 12.5 Å². The molecular weight excluding hydrogens is 206 g/mol. The van der Waals surface area contributed by atoms with Crippen LogP contribution in [0.15, 0.2) is 0 Å². The number of piperazine rings is 1. The molecule has 0 bridgehead atoms. The van der Waals surface area contributed by atoms with Crippen LogP contribution in [-0.4, -0.2) is 61.4 Å². The van der Waals surface area contributed by atoms with Gasteiger partial charge in [0.1, 0.15) is 0 Å². The largest absolute Gasteiger partial charge is 0.342 e. The Balaban J connectivity index is 1.69. The van der Waals surface area contributed by atoms with Gasteiger partial charge in [0.05, 0.1) is 13.1 Å². The number of nitrogens with zero attached hydrogens (tertiary/aromatic N) is 2. The molecule has 5 heteroatoms. The number of hydrogen-bond acceptors (Lipinski definition) is 3. The first kappa shape index (κ1) is 11.4. The minimum atomic E-state index is 0.0294. The quantitative estimate of drug-likeness (QED) is 0.687. The first-order valence-corrected chi connectivity index (χ1v) is 5.89. The number of likely N-dealkylation sites (N-methyl/N-ethyl adjacent to an activating group) is 1. The first-order chi connectivity index (χ1) is 7.66. The molecule has 1 N–H and O–H groups in total. The molecule has 1 heterocycles. The minimum Gasteiger partial charge on any atom is -0.342 e. The minimum absolute atomic E-state index is 0.0294. The van der Waals surface area contributed by atoms with Crippen molar-refractivity contribution in [2.45, 2.75) is 12.8 Å². The van der Waals surface area contributed by atoms with Crippen molar-refractivity contribution in [1.82, 2.24) is 15.1 Å². The summed E-state index contributed by atoms with van der Waals surface area (Å²) in [6, 6.07) is 0. The predicted molar refractivity (Wildman–Crippen MR) is 59.8 cm³/mol. The maximum absolute atomic E-state index is 11.7. The number of amides is 2. The number of carbonyl (C=O) groups excluding carboxylic acids is 2. The van der Waals surface area contributed by atoms with Gasteiger partial charge >= 0.3 is 0 Å². The van der Waals surface area contributed by atoms with Crippen molar-refractivity contribution >= 4 is 11.8 Å². The fraction of sp³-hybridized carbons (Fsp3) is 0.818. The van der Waals surface area contributed by atoms with E-state index in [0.29, 0.717) is 19.6 Å². The van der Waals surface area contributed by atoms with Gasteiger partial charge in [-0.3, -0.25) is 9.59 Å². The molecule has 90 valence electrons. The maximum Gasteiger partial charge on any atom is 0.241 e. The van der Waals surface area contributed by atoms with E-state index in [1.165, 1.54) is 12.8 Å². The monoisotopic (exact) mass is 225 g/mol. The molecule has 2 rings (SSSR count). The normalized spacial score (nSPS) is 21.4. The molecule has 5 nitrogen and oxygen atoms in total. The van der Waals surface area contributed by atoms with E-state index in [-0.39, 0.29) is 18.4 Å². The number of rotatable bonds is 4. The summed E-state index contributed by atoms with van der Waals surface area (Å²) in [6.07, 6.45) is 2.57. The molecule has 2 fully saturated rings. The van der Waals surface area contributed by atoms with Gasteiger partial charge in [-0.1, -0.05) is 0 Å². The highest BCUT2D eigenvalue weighted by molar-refractivity contribution is 5.86. The molecule has 0 aromatic heterocycles. The Hall–Kier alpha value is -1.10. The van der Waals surface area contributed by atoms with Crippen molar-refractivity contribution in [3.05, 3.63) is 0 Å². The van der Waals surface area contributed by atoms with Crippen LogP contribution in [0.1, 0.15) is 12.8 Å². The smallest absolute Gasteiger partial charge is 0.241 e. The summed E-state index contributed by atoms with van der Waals surface area (Å²) in [5.41, 5.74) is 0. The SMILES string of the molecule is CN1CCN(C(=O)CNCC2CC2)CC1=O. The molecule has 1 aliphatic carbocycles. The van der Waals surface area contributed by atoms with E-state index in [4.69, 9.17) is 0 Å². The maximum atomic E-state index is 11.7. The molecule has 1 saturated carbocycles. The zero-order valence-corrected chi connectivity index (χ0v) is 9.74. The van der Waals surface area contributed by atoms with Crippen molar-refractivity contribution in [1.29, 1.82) is 0 Å². The molecule has 0 aromatic rings. The summed E-state index contributed by atoms with van der Waals surface area (Å²) < 4.78 is 0. The topological polar surface area (TPSA) is 52.6 Å². The Morgan fingerprint density at radius 1 is 1.44 bits per heavy atom. The van der Waals surface area contributed by atoms with Crippen LogP contribution in [0.4, 0.5) is 0 Å². The Bertz CT molecular complexity index is 289. The van der Waals surface area contributed by atoms with Crippen LogP contribution in [0.25, 0.3) is 0 Å². The number of nitrogens with one attached hydrogen (secondary N) is 1. The molecule has 0 aromatic carbocycles. The molecule has 0 atom stereocenters. The molecule has 0 unspecified atom stereocenters. The third-order valence-corrected chi connectivity index (χ3v) is 3.22. The third kappa shape index (κ3) is 2.95. The molecule has 1 saturated heterocycles. The lowest BCUT2D eigenvalue weighted by atomic mass is 10.3. The molecular formula is C11H19N3O2. The zero-order valence-electron chi connectivity index (χ0n) is 9.74. The van der Waals surface area contributed by atoms with Crippen LogP contribution < -0.4 is 5.32 Å². The van der Waals surface area contributed by atoms with E-state index in [1.54, 1.807) is 16.8 Å². The van der Waals surface area contributed by atoms with E-state index in [1.807, 2.05) is 0 Å². The van der Waals surface area contributed by atoms with Crippen LogP contribution in [0.5, 0.6) is 0 Å². The standard InChI is InChI=1S/C11H19N3O2/c1-13-4-5-14(8-11(13)16)10(15)7-12-6-9-2-3-9/h9,12H,2-8H2,1H3. The van der Waals surface area contributed by atoms with E-state index < -0.39 is 0 Å². The Kier molecular flexibility index (Phi) is 3.43. The van der Waals surface area contributed by atoms with Gasteiger partial charge in [-0.05, 0) is 25.3 Å². The highest BCUT2D eigenvalue weighted by Gasteiger charge is 2.25. The summed E-state index contributed by atoms with van der Waals surface area (Å²) in [7, 11) is 1.77. The predicted octanol–water partition coefficient (Wildman–Crippen LogP) is -0.713. The van der Waals surface area contributed by atoms with Crippen LogP contribution in [-0.2, 0) is 9.59 Å². The number of carbonyl (C=O) groups is 2. The zero-order chi connectivity index (χ0) is 11.5. The molecule has 0 spiro atoms. The van der Waals surface area contributed by atoms with Gasteiger partial charge in [-0.2, -0.15) is 0 Å². The lowest BCUT2D eigenvalue weighted by molar-refractivity contribution is -0.143. The fourth-order valence-corrected chi connectivity index (χ4v) is 1.79. The summed E-state index contributed by atoms with van der Waals surface area (Å²) in [5, 5.41) is 3.15. The highest BCUT2D eigenvalue weighted by atomic mass is 16.2. The van der Waals surface area contributed by atoms with Crippen LogP contribution in [0.2, 0.25) is 0 Å². The van der Waals surface area contributed by atoms with Gasteiger partial charge in [0.2, 0.25) is 11.8 Å². The summed E-state index contributed by atoms with van der Waals surface area (Å²) >= 11 is 0. The van der Waals surface area contributed by atoms with E-state index >= 15 is 0 Å². The Morgan fingerprint density at radius 2 is 2.19 bits per heavy atom. The Morgan fingerprint density at radius 3 is 2.81 bits per heavy atom. The summed E-state index contributed by atoms with van der Waals surface area (Å²) in [6.45, 7) is 2.85. The average Bonchev–Trinajstić information content (AvgIpc) is 3.06. The van der Waals surface area contributed by atoms with E-state index in [9.17, 15) is 9.59 Å². The van der Waals surface area contributed by atoms with Crippen molar-refractivity contribution in [3.8, 4) is 0 Å². The summed E-state index contributed by atoms with van der Waals surface area (Å²) in [5.74, 6) is 0.853. The average molecular weight is 225 g/mol.